The molecule has 0 saturated carbocycles. The van der Waals surface area contributed by atoms with Crippen LogP contribution in [0.15, 0.2) is 0 Å². The van der Waals surface area contributed by atoms with Crippen LogP contribution in [0.1, 0.15) is 26.2 Å². The minimum Gasteiger partial charge on any atom is -0.286 e. The van der Waals surface area contributed by atoms with Crippen molar-refractivity contribution in [2.45, 2.75) is 26.2 Å². The molecule has 3 saturated heterocycles. The van der Waals surface area contributed by atoms with Crippen molar-refractivity contribution < 1.29 is 18.1 Å². The Balaban J connectivity index is 1.98. The molecule has 0 aromatic rings. The van der Waals surface area contributed by atoms with Gasteiger partial charge in [0.05, 0.1) is 19.8 Å². The zero-order chi connectivity index (χ0) is 9.36. The minimum absolute atomic E-state index is 0.0256. The maximum atomic E-state index is 11.4. The van der Waals surface area contributed by atoms with Crippen molar-refractivity contribution in [3.05, 3.63) is 0 Å². The highest BCUT2D eigenvalue weighted by Crippen LogP contribution is 2.60. The van der Waals surface area contributed by atoms with Gasteiger partial charge in [-0.2, -0.15) is 0 Å². The highest BCUT2D eigenvalue weighted by Gasteiger charge is 2.49. The van der Waals surface area contributed by atoms with E-state index in [2.05, 4.69) is 6.92 Å². The Morgan fingerprint density at radius 1 is 1.23 bits per heavy atom. The van der Waals surface area contributed by atoms with Crippen LogP contribution in [0.2, 0.25) is 0 Å². The Morgan fingerprint density at radius 2 is 1.77 bits per heavy atom. The van der Waals surface area contributed by atoms with Gasteiger partial charge in [-0.3, -0.25) is 13.6 Å². The van der Waals surface area contributed by atoms with Crippen molar-refractivity contribution in [2.75, 3.05) is 19.8 Å². The maximum Gasteiger partial charge on any atom is 0.474 e. The number of fused-ring (bicyclic) bond motifs is 3. The number of unbranched alkanes of at least 4 members (excludes halogenated alkanes) is 1. The number of phosphoric acid groups is 1. The highest BCUT2D eigenvalue weighted by atomic mass is 31.2. The van der Waals surface area contributed by atoms with Gasteiger partial charge in [0.1, 0.15) is 0 Å². The zero-order valence-electron chi connectivity index (χ0n) is 7.82. The van der Waals surface area contributed by atoms with E-state index in [1.807, 2.05) is 0 Å². The summed E-state index contributed by atoms with van der Waals surface area (Å²) in [4.78, 5) is 0. The summed E-state index contributed by atoms with van der Waals surface area (Å²) in [6, 6.07) is 0. The van der Waals surface area contributed by atoms with Gasteiger partial charge in [-0.1, -0.05) is 19.8 Å². The summed E-state index contributed by atoms with van der Waals surface area (Å²) in [5.41, 5.74) is -0.0256. The van der Waals surface area contributed by atoms with Gasteiger partial charge in [0.25, 0.3) is 0 Å². The van der Waals surface area contributed by atoms with Crippen LogP contribution in [-0.4, -0.2) is 19.8 Å². The van der Waals surface area contributed by atoms with Crippen LogP contribution >= 0.6 is 7.82 Å². The molecule has 0 N–H and O–H groups in total. The average molecular weight is 206 g/mol. The molecular weight excluding hydrogens is 191 g/mol. The molecule has 0 spiro atoms. The fourth-order valence-electron chi connectivity index (χ4n) is 1.65. The Morgan fingerprint density at radius 3 is 2.23 bits per heavy atom. The van der Waals surface area contributed by atoms with Gasteiger partial charge in [0.2, 0.25) is 0 Å². The second-order valence-corrected chi connectivity index (χ2v) is 5.54. The molecule has 0 atom stereocenters. The molecule has 3 aliphatic rings. The first kappa shape index (κ1) is 9.66. The molecule has 2 bridgehead atoms. The third-order valence-corrected chi connectivity index (χ3v) is 3.98. The normalized spacial score (nSPS) is 43.8. The van der Waals surface area contributed by atoms with E-state index in [-0.39, 0.29) is 5.41 Å². The molecule has 4 nitrogen and oxygen atoms in total. The van der Waals surface area contributed by atoms with Gasteiger partial charge >= 0.3 is 7.82 Å². The fraction of sp³-hybridized carbons (Fsp3) is 1.00. The molecule has 0 unspecified atom stereocenters. The molecule has 3 heterocycles. The fourth-order valence-corrected chi connectivity index (χ4v) is 3.17. The first-order chi connectivity index (χ1) is 6.18. The molecule has 5 heteroatoms. The van der Waals surface area contributed by atoms with Crippen molar-refractivity contribution in [2.24, 2.45) is 5.41 Å². The second kappa shape index (κ2) is 3.35. The van der Waals surface area contributed by atoms with Crippen LogP contribution in [0.5, 0.6) is 0 Å². The van der Waals surface area contributed by atoms with E-state index in [0.717, 1.165) is 19.3 Å². The van der Waals surface area contributed by atoms with Gasteiger partial charge < -0.3 is 0 Å². The first-order valence-corrected chi connectivity index (χ1v) is 6.18. The average Bonchev–Trinajstić information content (AvgIpc) is 2.18. The van der Waals surface area contributed by atoms with E-state index in [1.54, 1.807) is 0 Å². The van der Waals surface area contributed by atoms with Crippen molar-refractivity contribution in [3.8, 4) is 0 Å². The van der Waals surface area contributed by atoms with Gasteiger partial charge in [0.15, 0.2) is 0 Å². The lowest BCUT2D eigenvalue weighted by Crippen LogP contribution is -2.44. The van der Waals surface area contributed by atoms with Crippen LogP contribution in [0.4, 0.5) is 0 Å². The van der Waals surface area contributed by atoms with Crippen molar-refractivity contribution in [3.63, 3.8) is 0 Å². The highest BCUT2D eigenvalue weighted by molar-refractivity contribution is 7.48. The second-order valence-electron chi connectivity index (χ2n) is 3.87. The van der Waals surface area contributed by atoms with Gasteiger partial charge in [-0.25, -0.2) is 4.57 Å². The molecule has 0 amide bonds. The molecule has 3 aliphatic heterocycles. The van der Waals surface area contributed by atoms with Crippen LogP contribution < -0.4 is 0 Å². The van der Waals surface area contributed by atoms with Gasteiger partial charge in [-0.05, 0) is 6.42 Å². The van der Waals surface area contributed by atoms with Crippen molar-refractivity contribution in [1.82, 2.24) is 0 Å². The Labute approximate surface area is 78.2 Å². The van der Waals surface area contributed by atoms with Crippen molar-refractivity contribution in [1.29, 1.82) is 0 Å². The lowest BCUT2D eigenvalue weighted by Gasteiger charge is -2.44. The number of hydrogen-bond acceptors (Lipinski definition) is 4. The number of hydrogen-bond donors (Lipinski definition) is 0. The predicted molar refractivity (Wildman–Crippen MR) is 47.4 cm³/mol. The lowest BCUT2D eigenvalue weighted by molar-refractivity contribution is -0.0980. The third kappa shape index (κ3) is 1.82. The molecule has 76 valence electrons. The molecule has 13 heavy (non-hydrogen) atoms. The maximum absolute atomic E-state index is 11.4. The lowest BCUT2D eigenvalue weighted by atomic mass is 9.85. The SMILES string of the molecule is CCCCC12COP(=O)(OC1)OC2. The zero-order valence-corrected chi connectivity index (χ0v) is 8.72. The van der Waals surface area contributed by atoms with E-state index in [9.17, 15) is 4.57 Å². The summed E-state index contributed by atoms with van der Waals surface area (Å²) >= 11 is 0. The monoisotopic (exact) mass is 206 g/mol. The Bertz CT molecular complexity index is 209. The molecule has 0 radical (unpaired) electrons. The number of rotatable bonds is 3. The Hall–Kier alpha value is 0.110. The number of phosphoric ester groups is 1. The summed E-state index contributed by atoms with van der Waals surface area (Å²) in [7, 11) is -3.10. The molecule has 3 rings (SSSR count). The molecular formula is C8H15O4P. The summed E-state index contributed by atoms with van der Waals surface area (Å²) in [6.07, 6.45) is 3.32. The van der Waals surface area contributed by atoms with Crippen molar-refractivity contribution >= 4 is 7.82 Å². The topological polar surface area (TPSA) is 44.8 Å². The molecule has 0 aliphatic carbocycles. The van der Waals surface area contributed by atoms with E-state index in [4.69, 9.17) is 13.6 Å². The van der Waals surface area contributed by atoms with Crippen LogP contribution in [-0.2, 0) is 18.1 Å². The molecule has 0 aromatic heterocycles. The molecule has 3 fully saturated rings. The van der Waals surface area contributed by atoms with E-state index < -0.39 is 7.82 Å². The third-order valence-electron chi connectivity index (χ3n) is 2.65. The Kier molecular flexibility index (Phi) is 2.49. The first-order valence-electron chi connectivity index (χ1n) is 4.72. The van der Waals surface area contributed by atoms with E-state index in [0.29, 0.717) is 19.8 Å². The smallest absolute Gasteiger partial charge is 0.286 e. The summed E-state index contributed by atoms with van der Waals surface area (Å²) in [5, 5.41) is 0. The van der Waals surface area contributed by atoms with E-state index >= 15 is 0 Å². The van der Waals surface area contributed by atoms with Crippen LogP contribution in [0, 0.1) is 5.41 Å². The minimum atomic E-state index is -3.10. The quantitative estimate of drug-likeness (QED) is 0.665. The summed E-state index contributed by atoms with van der Waals surface area (Å²) in [5.74, 6) is 0. The summed E-state index contributed by atoms with van der Waals surface area (Å²) in [6.45, 7) is 3.74. The predicted octanol–water partition coefficient (Wildman–Crippen LogP) is 2.35. The van der Waals surface area contributed by atoms with Crippen LogP contribution in [0.25, 0.3) is 0 Å². The van der Waals surface area contributed by atoms with Gasteiger partial charge in [0, 0.05) is 5.41 Å². The largest absolute Gasteiger partial charge is 0.474 e. The van der Waals surface area contributed by atoms with Gasteiger partial charge in [-0.15, -0.1) is 0 Å². The summed E-state index contributed by atoms with van der Waals surface area (Å²) < 4.78 is 26.6. The standard InChI is InChI=1S/C8H15O4P/c1-2-3-4-8-5-10-13(9,11-6-8)12-7-8/h2-7H2,1H3. The van der Waals surface area contributed by atoms with Crippen LogP contribution in [0.3, 0.4) is 0 Å². The van der Waals surface area contributed by atoms with E-state index in [1.165, 1.54) is 0 Å². The molecule has 0 aromatic carbocycles.